The third-order valence-corrected chi connectivity index (χ3v) is 2.56. The fraction of sp³-hybridized carbons (Fsp3) is 0.0769. The number of nitrogens with zero attached hydrogens (tertiary/aromatic N) is 2. The fourth-order valence-corrected chi connectivity index (χ4v) is 1.65. The molecule has 0 aliphatic rings. The number of pyridine rings is 1. The molecule has 0 spiro atoms. The van der Waals surface area contributed by atoms with E-state index in [2.05, 4.69) is 10.3 Å². The molecular formula is C13H9ClFN3. The number of nitriles is 1. The standard InChI is InChI=1S/C13H9ClFN3/c1-8-2-3-10(6-11(8)15)17-13-5-9(7-16)4-12(14)18-13/h2-6H,1H3,(H,17,18). The summed E-state index contributed by atoms with van der Waals surface area (Å²) in [5.41, 5.74) is 1.51. The van der Waals surface area contributed by atoms with Crippen LogP contribution in [0, 0.1) is 24.1 Å². The van der Waals surface area contributed by atoms with Gasteiger partial charge in [-0.2, -0.15) is 5.26 Å². The molecule has 0 saturated heterocycles. The Bertz CT molecular complexity index is 635. The third-order valence-electron chi connectivity index (χ3n) is 2.37. The van der Waals surface area contributed by atoms with Gasteiger partial charge in [0.15, 0.2) is 0 Å². The van der Waals surface area contributed by atoms with Crippen molar-refractivity contribution in [1.29, 1.82) is 5.26 Å². The lowest BCUT2D eigenvalue weighted by Gasteiger charge is -2.07. The smallest absolute Gasteiger partial charge is 0.133 e. The van der Waals surface area contributed by atoms with Crippen LogP contribution in [-0.4, -0.2) is 4.98 Å². The highest BCUT2D eigenvalue weighted by atomic mass is 35.5. The lowest BCUT2D eigenvalue weighted by molar-refractivity contribution is 0.619. The Morgan fingerprint density at radius 2 is 2.11 bits per heavy atom. The lowest BCUT2D eigenvalue weighted by Crippen LogP contribution is -1.96. The predicted octanol–water partition coefficient (Wildman–Crippen LogP) is 3.80. The van der Waals surface area contributed by atoms with Gasteiger partial charge in [-0.3, -0.25) is 0 Å². The molecular weight excluding hydrogens is 253 g/mol. The van der Waals surface area contributed by atoms with Crippen LogP contribution >= 0.6 is 11.6 Å². The second kappa shape index (κ2) is 5.03. The molecule has 1 aromatic heterocycles. The molecule has 1 aromatic carbocycles. The summed E-state index contributed by atoms with van der Waals surface area (Å²) in [6, 6.07) is 9.74. The van der Waals surface area contributed by atoms with E-state index in [0.717, 1.165) is 0 Å². The quantitative estimate of drug-likeness (QED) is 0.837. The molecule has 1 N–H and O–H groups in total. The molecule has 3 nitrogen and oxygen atoms in total. The van der Waals surface area contributed by atoms with Crippen LogP contribution in [0.3, 0.4) is 0 Å². The average Bonchev–Trinajstić information content (AvgIpc) is 2.33. The second-order valence-electron chi connectivity index (χ2n) is 3.76. The Morgan fingerprint density at radius 1 is 1.33 bits per heavy atom. The SMILES string of the molecule is Cc1ccc(Nc2cc(C#N)cc(Cl)n2)cc1F. The van der Waals surface area contributed by atoms with E-state index in [1.807, 2.05) is 6.07 Å². The summed E-state index contributed by atoms with van der Waals surface area (Å²) in [6.07, 6.45) is 0. The van der Waals surface area contributed by atoms with Crippen LogP contribution in [-0.2, 0) is 0 Å². The van der Waals surface area contributed by atoms with Gasteiger partial charge in [0, 0.05) is 5.69 Å². The van der Waals surface area contributed by atoms with E-state index >= 15 is 0 Å². The first-order valence-corrected chi connectivity index (χ1v) is 5.57. The van der Waals surface area contributed by atoms with Crippen molar-refractivity contribution in [1.82, 2.24) is 4.98 Å². The minimum Gasteiger partial charge on any atom is -0.340 e. The molecule has 1 heterocycles. The first kappa shape index (κ1) is 12.3. The van der Waals surface area contributed by atoms with E-state index < -0.39 is 0 Å². The van der Waals surface area contributed by atoms with Crippen LogP contribution in [0.4, 0.5) is 15.9 Å². The number of hydrogen-bond donors (Lipinski definition) is 1. The van der Waals surface area contributed by atoms with E-state index in [-0.39, 0.29) is 11.0 Å². The van der Waals surface area contributed by atoms with Crippen LogP contribution in [0.1, 0.15) is 11.1 Å². The largest absolute Gasteiger partial charge is 0.340 e. The highest BCUT2D eigenvalue weighted by molar-refractivity contribution is 6.29. The molecule has 0 amide bonds. The zero-order chi connectivity index (χ0) is 13.1. The van der Waals surface area contributed by atoms with Gasteiger partial charge >= 0.3 is 0 Å². The molecule has 2 rings (SSSR count). The molecule has 0 radical (unpaired) electrons. The monoisotopic (exact) mass is 261 g/mol. The predicted molar refractivity (Wildman–Crippen MR) is 68.4 cm³/mol. The van der Waals surface area contributed by atoms with Crippen molar-refractivity contribution < 1.29 is 4.39 Å². The van der Waals surface area contributed by atoms with Crippen molar-refractivity contribution in [2.24, 2.45) is 0 Å². The van der Waals surface area contributed by atoms with Crippen LogP contribution < -0.4 is 5.32 Å². The number of aryl methyl sites for hydroxylation is 1. The van der Waals surface area contributed by atoms with Gasteiger partial charge in [0.2, 0.25) is 0 Å². The summed E-state index contributed by atoms with van der Waals surface area (Å²) >= 11 is 5.78. The first-order chi connectivity index (χ1) is 8.58. The van der Waals surface area contributed by atoms with Gasteiger partial charge in [0.1, 0.15) is 16.8 Å². The van der Waals surface area contributed by atoms with Gasteiger partial charge in [-0.25, -0.2) is 9.37 Å². The van der Waals surface area contributed by atoms with Gasteiger partial charge in [0.25, 0.3) is 0 Å². The zero-order valence-corrected chi connectivity index (χ0v) is 10.3. The zero-order valence-electron chi connectivity index (χ0n) is 9.54. The van der Waals surface area contributed by atoms with Crippen molar-refractivity contribution in [2.45, 2.75) is 6.92 Å². The summed E-state index contributed by atoms with van der Waals surface area (Å²) in [7, 11) is 0. The summed E-state index contributed by atoms with van der Waals surface area (Å²) < 4.78 is 13.4. The maximum atomic E-state index is 13.4. The van der Waals surface area contributed by atoms with Crippen molar-refractivity contribution in [3.63, 3.8) is 0 Å². The van der Waals surface area contributed by atoms with E-state index in [4.69, 9.17) is 16.9 Å². The Kier molecular flexibility index (Phi) is 3.45. The molecule has 0 atom stereocenters. The minimum absolute atomic E-state index is 0.212. The topological polar surface area (TPSA) is 48.7 Å². The van der Waals surface area contributed by atoms with Gasteiger partial charge in [-0.15, -0.1) is 0 Å². The highest BCUT2D eigenvalue weighted by Crippen LogP contribution is 2.20. The maximum Gasteiger partial charge on any atom is 0.133 e. The normalized spacial score (nSPS) is 9.89. The van der Waals surface area contributed by atoms with Crippen molar-refractivity contribution in [3.8, 4) is 6.07 Å². The van der Waals surface area contributed by atoms with Gasteiger partial charge in [-0.1, -0.05) is 17.7 Å². The molecule has 0 aliphatic heterocycles. The summed E-state index contributed by atoms with van der Waals surface area (Å²) in [4.78, 5) is 4.01. The fourth-order valence-electron chi connectivity index (χ4n) is 1.44. The third kappa shape index (κ3) is 2.76. The number of benzene rings is 1. The van der Waals surface area contributed by atoms with Crippen LogP contribution in [0.25, 0.3) is 0 Å². The highest BCUT2D eigenvalue weighted by Gasteiger charge is 2.03. The lowest BCUT2D eigenvalue weighted by atomic mass is 10.2. The summed E-state index contributed by atoms with van der Waals surface area (Å²) in [5, 5.41) is 11.9. The molecule has 0 saturated carbocycles. The number of halogens is 2. The minimum atomic E-state index is -0.303. The van der Waals surface area contributed by atoms with Gasteiger partial charge in [-0.05, 0) is 36.8 Å². The molecule has 18 heavy (non-hydrogen) atoms. The van der Waals surface area contributed by atoms with E-state index in [0.29, 0.717) is 22.6 Å². The molecule has 5 heteroatoms. The van der Waals surface area contributed by atoms with E-state index in [9.17, 15) is 4.39 Å². The molecule has 0 aliphatic carbocycles. The number of rotatable bonds is 2. The van der Waals surface area contributed by atoms with Crippen molar-refractivity contribution >= 4 is 23.1 Å². The van der Waals surface area contributed by atoms with Crippen LogP contribution in [0.2, 0.25) is 5.15 Å². The average molecular weight is 262 g/mol. The molecule has 90 valence electrons. The van der Waals surface area contributed by atoms with Crippen molar-refractivity contribution in [3.05, 3.63) is 52.4 Å². The summed E-state index contributed by atoms with van der Waals surface area (Å²) in [6.45, 7) is 1.69. The molecule has 0 fully saturated rings. The van der Waals surface area contributed by atoms with Crippen LogP contribution in [0.15, 0.2) is 30.3 Å². The van der Waals surface area contributed by atoms with Gasteiger partial charge < -0.3 is 5.32 Å². The number of anilines is 2. The maximum absolute atomic E-state index is 13.4. The number of aromatic nitrogens is 1. The summed E-state index contributed by atoms with van der Waals surface area (Å²) in [5.74, 6) is 0.102. The number of hydrogen-bond acceptors (Lipinski definition) is 3. The number of nitrogens with one attached hydrogen (secondary N) is 1. The Labute approximate surface area is 109 Å². The molecule has 2 aromatic rings. The molecule has 0 unspecified atom stereocenters. The second-order valence-corrected chi connectivity index (χ2v) is 4.15. The Morgan fingerprint density at radius 3 is 2.78 bits per heavy atom. The molecule has 0 bridgehead atoms. The Balaban J connectivity index is 2.31. The van der Waals surface area contributed by atoms with E-state index in [1.165, 1.54) is 12.1 Å². The van der Waals surface area contributed by atoms with Gasteiger partial charge in [0.05, 0.1) is 11.6 Å². The van der Waals surface area contributed by atoms with Crippen LogP contribution in [0.5, 0.6) is 0 Å². The van der Waals surface area contributed by atoms with Crippen molar-refractivity contribution in [2.75, 3.05) is 5.32 Å². The first-order valence-electron chi connectivity index (χ1n) is 5.19. The van der Waals surface area contributed by atoms with E-state index in [1.54, 1.807) is 25.1 Å². The Hall–Kier alpha value is -2.12.